The Morgan fingerprint density at radius 2 is 1.67 bits per heavy atom. The van der Waals surface area contributed by atoms with Crippen LogP contribution in [0.4, 0.5) is 0 Å². The highest BCUT2D eigenvalue weighted by Crippen LogP contribution is 1.97. The monoisotopic (exact) mass is 80.1 g/mol. The molecule has 0 aromatic heterocycles. The molecule has 0 amide bonds. The van der Waals surface area contributed by atoms with Gasteiger partial charge in [0.2, 0.25) is 0 Å². The van der Waals surface area contributed by atoms with Crippen LogP contribution in [0.25, 0.3) is 0 Å². The molecule has 6 heavy (non-hydrogen) atoms. The normalized spacial score (nSPS) is 7.67. The van der Waals surface area contributed by atoms with E-state index < -0.39 is 0 Å². The summed E-state index contributed by atoms with van der Waals surface area (Å²) in [6.07, 6.45) is 0. The molecule has 0 bridgehead atoms. The zero-order valence-corrected chi connectivity index (χ0v) is 4.21. The summed E-state index contributed by atoms with van der Waals surface area (Å²) in [7, 11) is 0. The summed E-state index contributed by atoms with van der Waals surface area (Å²) >= 11 is 0. The molecular weight excluding hydrogens is 72.1 g/mol. The Morgan fingerprint density at radius 1 is 1.50 bits per heavy atom. The molecule has 0 nitrogen and oxygen atoms in total. The van der Waals surface area contributed by atoms with Crippen LogP contribution in [0.5, 0.6) is 0 Å². The minimum Gasteiger partial charge on any atom is -0.0958 e. The molecule has 0 heterocycles. The fourth-order valence-electron chi connectivity index (χ4n) is 0. The van der Waals surface area contributed by atoms with E-state index in [1.54, 1.807) is 6.92 Å². The van der Waals surface area contributed by atoms with Gasteiger partial charge in [0.1, 0.15) is 0 Å². The van der Waals surface area contributed by atoms with Crippen molar-refractivity contribution in [1.82, 2.24) is 0 Å². The lowest BCUT2D eigenvalue weighted by molar-refractivity contribution is 1.38. The molecule has 0 aromatic rings. The van der Waals surface area contributed by atoms with Crippen LogP contribution in [-0.2, 0) is 0 Å². The van der Waals surface area contributed by atoms with Gasteiger partial charge in [-0.1, -0.05) is 12.2 Å². The summed E-state index contributed by atoms with van der Waals surface area (Å²) in [4.78, 5) is 0. The first-order chi connectivity index (χ1) is 2.64. The maximum absolute atomic E-state index is 6.85. The first kappa shape index (κ1) is 5.48. The molecule has 0 spiro atoms. The zero-order chi connectivity index (χ0) is 5.15. The first-order valence-electron chi connectivity index (χ1n) is 1.85. The van der Waals surface area contributed by atoms with Gasteiger partial charge in [-0.25, -0.2) is 0 Å². The van der Waals surface area contributed by atoms with Crippen LogP contribution >= 0.6 is 0 Å². The number of rotatable bonds is 1. The highest BCUT2D eigenvalue weighted by Gasteiger charge is 1.78. The minimum absolute atomic E-state index is 0.565. The van der Waals surface area contributed by atoms with E-state index in [4.69, 9.17) is 6.58 Å². The molecule has 0 N–H and O–H groups in total. The second kappa shape index (κ2) is 1.81. The molecule has 32 valence electrons. The van der Waals surface area contributed by atoms with E-state index in [1.165, 1.54) is 0 Å². The molecule has 0 aliphatic heterocycles. The molecule has 0 saturated carbocycles. The van der Waals surface area contributed by atoms with Crippen LogP contribution < -0.4 is 0 Å². The van der Waals surface area contributed by atoms with Gasteiger partial charge in [0, 0.05) is 0 Å². The average molecular weight is 80.1 g/mol. The van der Waals surface area contributed by atoms with Gasteiger partial charge in [-0.3, -0.25) is 0 Å². The lowest BCUT2D eigenvalue weighted by Crippen LogP contribution is -1.67. The van der Waals surface area contributed by atoms with Gasteiger partial charge in [0.15, 0.2) is 0 Å². The lowest BCUT2D eigenvalue weighted by atomic mass is 10.2. The first-order valence-corrected chi connectivity index (χ1v) is 1.85. The Hall–Kier alpha value is -0.520. The average Bonchev–Trinajstić information content (AvgIpc) is 1.36. The Balaban J connectivity index is 3.57. The quantitative estimate of drug-likeness (QED) is 0.421. The zero-order valence-electron chi connectivity index (χ0n) is 4.21. The molecule has 0 heteroatoms. The summed E-state index contributed by atoms with van der Waals surface area (Å²) in [6, 6.07) is 0. The molecule has 2 radical (unpaired) electrons. The third kappa shape index (κ3) is 1.77. The van der Waals surface area contributed by atoms with Crippen molar-refractivity contribution in [1.29, 1.82) is 0 Å². The Labute approximate surface area is 39.2 Å². The van der Waals surface area contributed by atoms with Crippen LogP contribution in [0.15, 0.2) is 17.7 Å². The van der Waals surface area contributed by atoms with Crippen molar-refractivity contribution in [3.8, 4) is 0 Å². The van der Waals surface area contributed by atoms with Crippen molar-refractivity contribution in [3.63, 3.8) is 0 Å². The van der Waals surface area contributed by atoms with Gasteiger partial charge >= 0.3 is 0 Å². The van der Waals surface area contributed by atoms with Gasteiger partial charge in [-0.05, 0) is 26.0 Å². The van der Waals surface area contributed by atoms with Crippen molar-refractivity contribution < 1.29 is 0 Å². The lowest BCUT2D eigenvalue weighted by Gasteiger charge is -1.87. The predicted octanol–water partition coefficient (Wildman–Crippen LogP) is 1.82. The number of allylic oxidation sites excluding steroid dienone is 2. The van der Waals surface area contributed by atoms with Crippen molar-refractivity contribution in [3.05, 3.63) is 24.3 Å². The van der Waals surface area contributed by atoms with Crippen LogP contribution in [0.1, 0.15) is 13.8 Å². The van der Waals surface area contributed by atoms with Gasteiger partial charge in [0.25, 0.3) is 0 Å². The third-order valence-corrected chi connectivity index (χ3v) is 0.640. The highest BCUT2D eigenvalue weighted by atomic mass is 13.8. The van der Waals surface area contributed by atoms with Gasteiger partial charge in [-0.2, -0.15) is 0 Å². The smallest absolute Gasteiger partial charge is 0.00615 e. The maximum Gasteiger partial charge on any atom is -0.00615 e. The molecule has 0 saturated heterocycles. The van der Waals surface area contributed by atoms with E-state index in [9.17, 15) is 0 Å². The van der Waals surface area contributed by atoms with Crippen molar-refractivity contribution in [2.45, 2.75) is 13.8 Å². The second-order valence-electron chi connectivity index (χ2n) is 1.41. The van der Waals surface area contributed by atoms with E-state index in [-0.39, 0.29) is 0 Å². The van der Waals surface area contributed by atoms with E-state index >= 15 is 0 Å². The maximum atomic E-state index is 6.85. The molecule has 0 aliphatic carbocycles. The fourth-order valence-corrected chi connectivity index (χ4v) is 0. The Kier molecular flexibility index (Phi) is 1.65. The van der Waals surface area contributed by atoms with E-state index in [1.807, 2.05) is 6.92 Å². The fraction of sp³-hybridized carbons (Fsp3) is 0.333. The summed E-state index contributed by atoms with van der Waals surface area (Å²) in [5, 5.41) is 0. The molecule has 0 aliphatic rings. The Bertz CT molecular complexity index is 66.0. The highest BCUT2D eigenvalue weighted by molar-refractivity contribution is 5.17. The summed E-state index contributed by atoms with van der Waals surface area (Å²) in [5.74, 6) is 0. The topological polar surface area (TPSA) is 0 Å². The largest absolute Gasteiger partial charge is 0.0958 e. The van der Waals surface area contributed by atoms with Crippen molar-refractivity contribution in [2.24, 2.45) is 0 Å². The van der Waals surface area contributed by atoms with Gasteiger partial charge in [-0.15, -0.1) is 0 Å². The minimum atomic E-state index is 0.565. The molecule has 0 fully saturated rings. The SMILES string of the molecule is [C]=C(C)C(=C)C. The van der Waals surface area contributed by atoms with Crippen LogP contribution in [0.2, 0.25) is 0 Å². The predicted molar refractivity (Wildman–Crippen MR) is 27.2 cm³/mol. The molecule has 0 rings (SSSR count). The number of hydrogen-bond acceptors (Lipinski definition) is 0. The molecule has 0 atom stereocenters. The van der Waals surface area contributed by atoms with Gasteiger partial charge in [0.05, 0.1) is 0 Å². The van der Waals surface area contributed by atoms with E-state index in [0.29, 0.717) is 5.57 Å². The van der Waals surface area contributed by atoms with Crippen LogP contribution in [0, 0.1) is 6.58 Å². The molecule has 0 unspecified atom stereocenters. The summed E-state index contributed by atoms with van der Waals surface area (Å²) in [6.45, 7) is 13.9. The third-order valence-electron chi connectivity index (χ3n) is 0.640. The summed E-state index contributed by atoms with van der Waals surface area (Å²) < 4.78 is 0. The van der Waals surface area contributed by atoms with Crippen LogP contribution in [-0.4, -0.2) is 0 Å². The molecule has 0 aromatic carbocycles. The summed E-state index contributed by atoms with van der Waals surface area (Å²) in [5.41, 5.74) is 1.41. The van der Waals surface area contributed by atoms with E-state index in [2.05, 4.69) is 6.58 Å². The number of hydrogen-bond donors (Lipinski definition) is 0. The van der Waals surface area contributed by atoms with E-state index in [0.717, 1.165) is 5.57 Å². The van der Waals surface area contributed by atoms with Crippen LogP contribution in [0.3, 0.4) is 0 Å². The Morgan fingerprint density at radius 3 is 1.67 bits per heavy atom. The second-order valence-corrected chi connectivity index (χ2v) is 1.41. The molecular formula is C6H8. The van der Waals surface area contributed by atoms with Crippen molar-refractivity contribution in [2.75, 3.05) is 0 Å². The standard InChI is InChI=1S/C6H8/c1-5(2)6(3)4/h1H2,2-3H3. The van der Waals surface area contributed by atoms with Crippen molar-refractivity contribution >= 4 is 0 Å². The van der Waals surface area contributed by atoms with Gasteiger partial charge < -0.3 is 0 Å².